The van der Waals surface area contributed by atoms with Gasteiger partial charge in [-0.3, -0.25) is 4.90 Å². The minimum absolute atomic E-state index is 0.0169. The van der Waals surface area contributed by atoms with E-state index >= 15 is 0 Å². The van der Waals surface area contributed by atoms with Crippen molar-refractivity contribution in [3.05, 3.63) is 52.8 Å². The van der Waals surface area contributed by atoms with Crippen LogP contribution in [-0.4, -0.2) is 63.0 Å². The highest BCUT2D eigenvalue weighted by atomic mass is 35.5. The van der Waals surface area contributed by atoms with Crippen molar-refractivity contribution in [1.29, 1.82) is 0 Å². The van der Waals surface area contributed by atoms with Crippen molar-refractivity contribution < 1.29 is 23.4 Å². The Hall–Kier alpha value is -2.55. The monoisotopic (exact) mass is 531 g/mol. The fraction of sp³-hybridized carbons (Fsp3) is 0.536. The van der Waals surface area contributed by atoms with E-state index in [1.165, 1.54) is 23.8 Å². The second-order valence-electron chi connectivity index (χ2n) is 10.3. The number of rotatable bonds is 6. The van der Waals surface area contributed by atoms with Gasteiger partial charge < -0.3 is 24.8 Å². The molecule has 0 unspecified atom stereocenters. The van der Waals surface area contributed by atoms with E-state index < -0.39 is 5.82 Å². The van der Waals surface area contributed by atoms with Crippen LogP contribution in [0.5, 0.6) is 11.5 Å². The molecule has 2 aromatic rings. The lowest BCUT2D eigenvalue weighted by Gasteiger charge is -2.47. The van der Waals surface area contributed by atoms with Gasteiger partial charge in [-0.1, -0.05) is 17.7 Å². The van der Waals surface area contributed by atoms with Gasteiger partial charge in [0, 0.05) is 42.4 Å². The molecular formula is C28H35ClFN3O4. The van der Waals surface area contributed by atoms with Gasteiger partial charge in [0.1, 0.15) is 5.82 Å². The third kappa shape index (κ3) is 5.24. The molecule has 0 spiro atoms. The number of ether oxygens (including phenoxy) is 3. The highest BCUT2D eigenvalue weighted by molar-refractivity contribution is 6.31. The number of fused-ring (bicyclic) bond motifs is 1. The van der Waals surface area contributed by atoms with Gasteiger partial charge in [-0.05, 0) is 81.0 Å². The molecule has 2 aliphatic heterocycles. The lowest BCUT2D eigenvalue weighted by atomic mass is 9.65. The molecule has 7 nitrogen and oxygen atoms in total. The molecule has 1 saturated carbocycles. The molecule has 0 aromatic heterocycles. The van der Waals surface area contributed by atoms with Gasteiger partial charge in [-0.15, -0.1) is 0 Å². The molecule has 3 aliphatic rings. The molecule has 2 N–H and O–H groups in total. The maximum absolute atomic E-state index is 13.5. The quantitative estimate of drug-likeness (QED) is 0.525. The Balaban J connectivity index is 1.37. The van der Waals surface area contributed by atoms with Gasteiger partial charge in [-0.2, -0.15) is 0 Å². The van der Waals surface area contributed by atoms with Crippen LogP contribution in [0.1, 0.15) is 44.1 Å². The van der Waals surface area contributed by atoms with Gasteiger partial charge in [-0.25, -0.2) is 9.18 Å². The Morgan fingerprint density at radius 2 is 1.86 bits per heavy atom. The molecule has 2 aromatic carbocycles. The van der Waals surface area contributed by atoms with Gasteiger partial charge in [0.15, 0.2) is 11.5 Å². The number of nitrogens with one attached hydrogen (secondary N) is 2. The molecular weight excluding hydrogens is 497 g/mol. The van der Waals surface area contributed by atoms with E-state index in [1.807, 2.05) is 6.07 Å². The van der Waals surface area contributed by atoms with E-state index in [-0.39, 0.29) is 28.6 Å². The maximum atomic E-state index is 13.5. The first-order valence-corrected chi connectivity index (χ1v) is 13.4. The van der Waals surface area contributed by atoms with Crippen LogP contribution in [-0.2, 0) is 10.2 Å². The molecule has 2 heterocycles. The second-order valence-corrected chi connectivity index (χ2v) is 10.7. The number of hydrogen-bond donors (Lipinski definition) is 2. The number of halogens is 2. The number of methoxy groups -OCH3 is 2. The minimum Gasteiger partial charge on any atom is -0.493 e. The van der Waals surface area contributed by atoms with Gasteiger partial charge >= 0.3 is 6.03 Å². The Labute approximate surface area is 222 Å². The fourth-order valence-corrected chi connectivity index (χ4v) is 6.76. The van der Waals surface area contributed by atoms with Crippen LogP contribution in [0.4, 0.5) is 14.9 Å². The number of urea groups is 1. The van der Waals surface area contributed by atoms with Crippen LogP contribution < -0.4 is 20.1 Å². The summed E-state index contributed by atoms with van der Waals surface area (Å²) in [4.78, 5) is 15.5. The second kappa shape index (κ2) is 11.1. The Bertz CT molecular complexity index is 1130. The van der Waals surface area contributed by atoms with Crippen molar-refractivity contribution >= 4 is 23.3 Å². The molecule has 0 bridgehead atoms. The number of likely N-dealkylation sites (tertiary alicyclic amines) is 1. The van der Waals surface area contributed by atoms with Crippen LogP contribution in [0.25, 0.3) is 0 Å². The average molecular weight is 532 g/mol. The van der Waals surface area contributed by atoms with Crippen LogP contribution >= 0.6 is 11.6 Å². The predicted molar refractivity (Wildman–Crippen MR) is 141 cm³/mol. The normalized spacial score (nSPS) is 26.4. The summed E-state index contributed by atoms with van der Waals surface area (Å²) in [6.45, 7) is 2.61. The first kappa shape index (κ1) is 26.1. The lowest BCUT2D eigenvalue weighted by molar-refractivity contribution is 0.0143. The average Bonchev–Trinajstić information content (AvgIpc) is 3.30. The molecule has 3 atom stereocenters. The molecule has 200 valence electrons. The molecule has 5 rings (SSSR count). The molecule has 1 aliphatic carbocycles. The first-order chi connectivity index (χ1) is 17.9. The lowest BCUT2D eigenvalue weighted by Crippen LogP contribution is -2.55. The number of benzene rings is 2. The standard InChI is InChI=1S/C28H35ClFN3O4/c1-35-24-6-3-18(15-25(24)36-2)28-10-7-20(32-27(34)31-19-4-5-23(30)22(29)16-19)17-26(28)33(12-11-28)21-8-13-37-14-9-21/h3-6,15-16,20-21,26H,7-14,17H2,1-2H3,(H2,31,32,34)/t20-,26+,28-/m0/s1. The van der Waals surface area contributed by atoms with Crippen LogP contribution in [0, 0.1) is 5.82 Å². The van der Waals surface area contributed by atoms with Gasteiger partial charge in [0.2, 0.25) is 0 Å². The largest absolute Gasteiger partial charge is 0.493 e. The summed E-state index contributed by atoms with van der Waals surface area (Å²) in [6, 6.07) is 11.0. The number of hydrogen-bond acceptors (Lipinski definition) is 5. The van der Waals surface area contributed by atoms with Crippen molar-refractivity contribution in [2.45, 2.75) is 62.1 Å². The number of carbonyl (C=O) groups excluding carboxylic acids is 1. The van der Waals surface area contributed by atoms with Crippen molar-refractivity contribution in [2.24, 2.45) is 0 Å². The summed E-state index contributed by atoms with van der Waals surface area (Å²) in [5.74, 6) is 0.961. The Morgan fingerprint density at radius 3 is 2.59 bits per heavy atom. The van der Waals surface area contributed by atoms with E-state index in [9.17, 15) is 9.18 Å². The molecule has 37 heavy (non-hydrogen) atoms. The summed E-state index contributed by atoms with van der Waals surface area (Å²) in [5.41, 5.74) is 1.72. The topological polar surface area (TPSA) is 72.1 Å². The number of nitrogens with zero attached hydrogens (tertiary/aromatic N) is 1. The molecule has 2 amide bonds. The van der Waals surface area contributed by atoms with E-state index in [0.717, 1.165) is 69.8 Å². The van der Waals surface area contributed by atoms with Gasteiger partial charge in [0.25, 0.3) is 0 Å². The third-order valence-corrected chi connectivity index (χ3v) is 8.72. The zero-order valence-electron chi connectivity index (χ0n) is 21.4. The first-order valence-electron chi connectivity index (χ1n) is 13.0. The maximum Gasteiger partial charge on any atom is 0.319 e. The summed E-state index contributed by atoms with van der Waals surface area (Å²) >= 11 is 5.88. The number of carbonyl (C=O) groups is 1. The Kier molecular flexibility index (Phi) is 7.79. The summed E-state index contributed by atoms with van der Waals surface area (Å²) < 4.78 is 30.3. The minimum atomic E-state index is -0.513. The number of anilines is 1. The molecule has 2 saturated heterocycles. The summed E-state index contributed by atoms with van der Waals surface area (Å²) in [6.07, 6.45) is 5.80. The van der Waals surface area contributed by atoms with Gasteiger partial charge in [0.05, 0.1) is 19.2 Å². The van der Waals surface area contributed by atoms with E-state index in [0.29, 0.717) is 11.7 Å². The SMILES string of the molecule is COc1ccc([C@@]23CC[C@H](NC(=O)Nc4ccc(F)c(Cl)c4)C[C@H]2N(C2CCOCC2)CC3)cc1OC. The smallest absolute Gasteiger partial charge is 0.319 e. The van der Waals surface area contributed by atoms with Crippen LogP contribution in [0.15, 0.2) is 36.4 Å². The Morgan fingerprint density at radius 1 is 1.08 bits per heavy atom. The number of amides is 2. The zero-order valence-corrected chi connectivity index (χ0v) is 22.2. The highest BCUT2D eigenvalue weighted by Gasteiger charge is 2.53. The van der Waals surface area contributed by atoms with E-state index in [1.54, 1.807) is 14.2 Å². The highest BCUT2D eigenvalue weighted by Crippen LogP contribution is 2.51. The zero-order chi connectivity index (χ0) is 26.0. The van der Waals surface area contributed by atoms with Crippen molar-refractivity contribution in [3.8, 4) is 11.5 Å². The molecule has 0 radical (unpaired) electrons. The summed E-state index contributed by atoms with van der Waals surface area (Å²) in [7, 11) is 3.33. The van der Waals surface area contributed by atoms with Crippen LogP contribution in [0.2, 0.25) is 5.02 Å². The predicted octanol–water partition coefficient (Wildman–Crippen LogP) is 5.36. The molecule has 3 fully saturated rings. The van der Waals surface area contributed by atoms with Crippen molar-refractivity contribution in [2.75, 3.05) is 39.3 Å². The van der Waals surface area contributed by atoms with Crippen molar-refractivity contribution in [3.63, 3.8) is 0 Å². The fourth-order valence-electron chi connectivity index (χ4n) is 6.58. The van der Waals surface area contributed by atoms with Crippen LogP contribution in [0.3, 0.4) is 0 Å². The van der Waals surface area contributed by atoms with E-state index in [2.05, 4.69) is 27.7 Å². The van der Waals surface area contributed by atoms with Crippen molar-refractivity contribution in [1.82, 2.24) is 10.2 Å². The van der Waals surface area contributed by atoms with E-state index in [4.69, 9.17) is 25.8 Å². The molecule has 9 heteroatoms. The third-order valence-electron chi connectivity index (χ3n) is 8.43. The summed E-state index contributed by atoms with van der Waals surface area (Å²) in [5, 5.41) is 5.94.